The van der Waals surface area contributed by atoms with Gasteiger partial charge in [0.2, 0.25) is 0 Å². The molecule has 0 spiro atoms. The Morgan fingerprint density at radius 3 is 2.55 bits per heavy atom. The molecule has 1 atom stereocenters. The SMILES string of the molecule is CCCNC(COCC)c1ccc(Br)cc1C(F)(F)F. The van der Waals surface area contributed by atoms with Gasteiger partial charge in [0.25, 0.3) is 0 Å². The summed E-state index contributed by atoms with van der Waals surface area (Å²) in [5, 5.41) is 3.11. The molecule has 1 N–H and O–H groups in total. The minimum Gasteiger partial charge on any atom is -0.380 e. The van der Waals surface area contributed by atoms with Gasteiger partial charge in [0.1, 0.15) is 0 Å². The molecule has 0 saturated carbocycles. The molecule has 0 aromatic heterocycles. The molecule has 0 aliphatic carbocycles. The van der Waals surface area contributed by atoms with Gasteiger partial charge in [-0.15, -0.1) is 0 Å². The Morgan fingerprint density at radius 2 is 2.00 bits per heavy atom. The number of benzene rings is 1. The lowest BCUT2D eigenvalue weighted by atomic mass is 10.00. The second-order valence-electron chi connectivity index (χ2n) is 4.40. The van der Waals surface area contributed by atoms with Crippen molar-refractivity contribution in [2.45, 2.75) is 32.5 Å². The fourth-order valence-corrected chi connectivity index (χ4v) is 2.25. The Labute approximate surface area is 125 Å². The maximum atomic E-state index is 13.1. The molecule has 1 unspecified atom stereocenters. The van der Waals surface area contributed by atoms with Gasteiger partial charge in [0.15, 0.2) is 0 Å². The van der Waals surface area contributed by atoms with E-state index in [0.717, 1.165) is 12.5 Å². The Morgan fingerprint density at radius 1 is 1.30 bits per heavy atom. The van der Waals surface area contributed by atoms with E-state index in [2.05, 4.69) is 21.2 Å². The Hall–Kier alpha value is -0.590. The minimum absolute atomic E-state index is 0.223. The summed E-state index contributed by atoms with van der Waals surface area (Å²) >= 11 is 3.09. The number of ether oxygens (including phenoxy) is 1. The molecule has 0 bridgehead atoms. The number of hydrogen-bond acceptors (Lipinski definition) is 2. The number of nitrogens with one attached hydrogen (secondary N) is 1. The van der Waals surface area contributed by atoms with Crippen molar-refractivity contribution in [2.75, 3.05) is 19.8 Å². The highest BCUT2D eigenvalue weighted by Gasteiger charge is 2.35. The van der Waals surface area contributed by atoms with Crippen molar-refractivity contribution in [1.82, 2.24) is 5.32 Å². The molecule has 1 rings (SSSR count). The van der Waals surface area contributed by atoms with Crippen LogP contribution >= 0.6 is 15.9 Å². The Kier molecular flexibility index (Phi) is 6.99. The third-order valence-electron chi connectivity index (χ3n) is 2.83. The summed E-state index contributed by atoms with van der Waals surface area (Å²) in [4.78, 5) is 0. The molecule has 0 aliphatic rings. The molecule has 20 heavy (non-hydrogen) atoms. The van der Waals surface area contributed by atoms with Crippen LogP contribution in [0.3, 0.4) is 0 Å². The predicted molar refractivity (Wildman–Crippen MR) is 76.7 cm³/mol. The van der Waals surface area contributed by atoms with Crippen molar-refractivity contribution in [2.24, 2.45) is 0 Å². The predicted octanol–water partition coefficient (Wildman–Crippen LogP) is 4.55. The zero-order valence-electron chi connectivity index (χ0n) is 11.6. The van der Waals surface area contributed by atoms with Gasteiger partial charge in [0.05, 0.1) is 18.2 Å². The van der Waals surface area contributed by atoms with Crippen LogP contribution in [-0.4, -0.2) is 19.8 Å². The summed E-state index contributed by atoms with van der Waals surface area (Å²) in [5.41, 5.74) is -0.400. The quantitative estimate of drug-likeness (QED) is 0.776. The van der Waals surface area contributed by atoms with Gasteiger partial charge in [0, 0.05) is 11.1 Å². The number of rotatable bonds is 7. The average Bonchev–Trinajstić information content (AvgIpc) is 2.38. The first-order valence-corrected chi connectivity index (χ1v) is 7.37. The summed E-state index contributed by atoms with van der Waals surface area (Å²) in [7, 11) is 0. The first-order valence-electron chi connectivity index (χ1n) is 6.57. The monoisotopic (exact) mass is 353 g/mol. The molecule has 1 aromatic carbocycles. The van der Waals surface area contributed by atoms with Crippen LogP contribution in [-0.2, 0) is 10.9 Å². The fourth-order valence-electron chi connectivity index (χ4n) is 1.89. The zero-order valence-corrected chi connectivity index (χ0v) is 13.1. The second kappa shape index (κ2) is 8.00. The van der Waals surface area contributed by atoms with Gasteiger partial charge < -0.3 is 10.1 Å². The van der Waals surface area contributed by atoms with Crippen molar-refractivity contribution in [3.8, 4) is 0 Å². The lowest BCUT2D eigenvalue weighted by Gasteiger charge is -2.23. The van der Waals surface area contributed by atoms with Gasteiger partial charge >= 0.3 is 6.18 Å². The molecular formula is C14H19BrF3NO. The highest BCUT2D eigenvalue weighted by atomic mass is 79.9. The topological polar surface area (TPSA) is 21.3 Å². The van der Waals surface area contributed by atoms with Gasteiger partial charge in [-0.25, -0.2) is 0 Å². The van der Waals surface area contributed by atoms with E-state index in [-0.39, 0.29) is 12.2 Å². The van der Waals surface area contributed by atoms with Crippen molar-refractivity contribution in [3.63, 3.8) is 0 Å². The molecular weight excluding hydrogens is 335 g/mol. The van der Waals surface area contributed by atoms with Gasteiger partial charge in [-0.05, 0) is 37.6 Å². The van der Waals surface area contributed by atoms with E-state index in [1.807, 2.05) is 13.8 Å². The Bertz CT molecular complexity index is 415. The number of hydrogen-bond donors (Lipinski definition) is 1. The fraction of sp³-hybridized carbons (Fsp3) is 0.571. The van der Waals surface area contributed by atoms with Crippen molar-refractivity contribution in [3.05, 3.63) is 33.8 Å². The standard InChI is InChI=1S/C14H19BrF3NO/c1-3-7-19-13(9-20-4-2)11-6-5-10(15)8-12(11)14(16,17)18/h5-6,8,13,19H,3-4,7,9H2,1-2H3. The van der Waals surface area contributed by atoms with Crippen LogP contribution in [0.1, 0.15) is 37.4 Å². The van der Waals surface area contributed by atoms with Crippen LogP contribution in [0.2, 0.25) is 0 Å². The third-order valence-corrected chi connectivity index (χ3v) is 3.32. The van der Waals surface area contributed by atoms with Crippen LogP contribution in [0.5, 0.6) is 0 Å². The molecule has 1 aromatic rings. The molecule has 0 aliphatic heterocycles. The van der Waals surface area contributed by atoms with E-state index in [4.69, 9.17) is 4.74 Å². The molecule has 0 heterocycles. The number of alkyl halides is 3. The smallest absolute Gasteiger partial charge is 0.380 e. The highest BCUT2D eigenvalue weighted by Crippen LogP contribution is 2.36. The van der Waals surface area contributed by atoms with E-state index in [0.29, 0.717) is 17.6 Å². The van der Waals surface area contributed by atoms with Crippen molar-refractivity contribution >= 4 is 15.9 Å². The maximum absolute atomic E-state index is 13.1. The molecule has 2 nitrogen and oxygen atoms in total. The van der Waals surface area contributed by atoms with E-state index in [1.54, 1.807) is 6.07 Å². The van der Waals surface area contributed by atoms with Crippen LogP contribution in [0, 0.1) is 0 Å². The lowest BCUT2D eigenvalue weighted by Crippen LogP contribution is -2.28. The maximum Gasteiger partial charge on any atom is 0.416 e. The summed E-state index contributed by atoms with van der Waals surface area (Å²) in [6, 6.07) is 3.78. The Balaban J connectivity index is 3.10. The summed E-state index contributed by atoms with van der Waals surface area (Å²) in [6.45, 7) is 5.13. The van der Waals surface area contributed by atoms with E-state index >= 15 is 0 Å². The van der Waals surface area contributed by atoms with E-state index in [1.165, 1.54) is 6.07 Å². The number of halogens is 4. The van der Waals surface area contributed by atoms with Crippen LogP contribution < -0.4 is 5.32 Å². The molecule has 0 saturated heterocycles. The van der Waals surface area contributed by atoms with Gasteiger partial charge in [-0.1, -0.05) is 28.9 Å². The average molecular weight is 354 g/mol. The van der Waals surface area contributed by atoms with Gasteiger partial charge in [-0.3, -0.25) is 0 Å². The highest BCUT2D eigenvalue weighted by molar-refractivity contribution is 9.10. The van der Waals surface area contributed by atoms with Gasteiger partial charge in [-0.2, -0.15) is 13.2 Å². The largest absolute Gasteiger partial charge is 0.416 e. The normalized spacial score (nSPS) is 13.5. The van der Waals surface area contributed by atoms with E-state index < -0.39 is 17.8 Å². The zero-order chi connectivity index (χ0) is 15.2. The van der Waals surface area contributed by atoms with Crippen LogP contribution in [0.25, 0.3) is 0 Å². The van der Waals surface area contributed by atoms with E-state index in [9.17, 15) is 13.2 Å². The summed E-state index contributed by atoms with van der Waals surface area (Å²) < 4.78 is 45.2. The minimum atomic E-state index is -4.38. The first kappa shape index (κ1) is 17.5. The molecule has 6 heteroatoms. The van der Waals surface area contributed by atoms with Crippen LogP contribution in [0.4, 0.5) is 13.2 Å². The summed E-state index contributed by atoms with van der Waals surface area (Å²) in [5.74, 6) is 0. The molecule has 0 amide bonds. The second-order valence-corrected chi connectivity index (χ2v) is 5.31. The molecule has 0 radical (unpaired) electrons. The first-order chi connectivity index (χ1) is 9.40. The van der Waals surface area contributed by atoms with Crippen LogP contribution in [0.15, 0.2) is 22.7 Å². The molecule has 0 fully saturated rings. The summed E-state index contributed by atoms with van der Waals surface area (Å²) in [6.07, 6.45) is -3.53. The van der Waals surface area contributed by atoms with Crippen molar-refractivity contribution < 1.29 is 17.9 Å². The molecule has 114 valence electrons. The third kappa shape index (κ3) is 5.07. The van der Waals surface area contributed by atoms with Crippen molar-refractivity contribution in [1.29, 1.82) is 0 Å². The lowest BCUT2D eigenvalue weighted by molar-refractivity contribution is -0.138.